The van der Waals surface area contributed by atoms with Crippen LogP contribution in [0.25, 0.3) is 0 Å². The fraction of sp³-hybridized carbons (Fsp3) is 0.587. The van der Waals surface area contributed by atoms with Crippen LogP contribution in [0.4, 0.5) is 0 Å². The topological polar surface area (TPSA) is 44.8 Å². The molecule has 3 aromatic rings. The Balaban J connectivity index is 1.90. The summed E-state index contributed by atoms with van der Waals surface area (Å²) >= 11 is 0. The van der Waals surface area contributed by atoms with Crippen molar-refractivity contribution < 1.29 is 18.4 Å². The van der Waals surface area contributed by atoms with Crippen LogP contribution >= 0.6 is 7.94 Å². The molecule has 0 saturated carbocycles. The van der Waals surface area contributed by atoms with Crippen LogP contribution in [0.3, 0.4) is 0 Å². The molecule has 0 aliphatic carbocycles. The van der Waals surface area contributed by atoms with Gasteiger partial charge in [0, 0.05) is 0 Å². The van der Waals surface area contributed by atoms with E-state index >= 15 is 0 Å². The van der Waals surface area contributed by atoms with Crippen LogP contribution in [0.5, 0.6) is 11.5 Å². The summed E-state index contributed by atoms with van der Waals surface area (Å²) in [6.45, 7) is 7.35. The molecule has 0 bridgehead atoms. The molecule has 0 aromatic heterocycles. The average molecular weight is 719 g/mol. The quantitative estimate of drug-likeness (QED) is 0.0377. The summed E-state index contributed by atoms with van der Waals surface area (Å²) in [5, 5.41) is 0.888. The van der Waals surface area contributed by atoms with E-state index in [2.05, 4.69) is 63.2 Å². The van der Waals surface area contributed by atoms with Crippen molar-refractivity contribution in [3.8, 4) is 11.5 Å². The number of rotatable bonds is 31. The molecule has 0 N–H and O–H groups in total. The molecule has 3 rings (SSSR count). The van der Waals surface area contributed by atoms with Gasteiger partial charge in [-0.1, -0.05) is 0 Å². The standard InChI is InChI=1S/C46H71O4P/c1-4-7-10-13-16-19-22-31-41-33-25-28-37-44(41)49-51(48-40-47,46-39-30-27-36-43(46)35-24-21-18-15-12-9-6-3)50-45-38-29-26-34-42(45)32-23-20-17-14-11-8-5-2/h25-30,33-34,36-40,51H,4-24,31-32,35H2,1-3H3. The van der Waals surface area contributed by atoms with Crippen LogP contribution in [0.15, 0.2) is 72.8 Å². The Kier molecular flexibility index (Phi) is 22.4. The zero-order valence-electron chi connectivity index (χ0n) is 32.6. The summed E-state index contributed by atoms with van der Waals surface area (Å²) < 4.78 is 20.4. The predicted molar refractivity (Wildman–Crippen MR) is 221 cm³/mol. The van der Waals surface area contributed by atoms with Crippen LogP contribution in [0.1, 0.15) is 172 Å². The van der Waals surface area contributed by atoms with Crippen molar-refractivity contribution in [3.05, 3.63) is 89.5 Å². The monoisotopic (exact) mass is 719 g/mol. The van der Waals surface area contributed by atoms with E-state index in [0.717, 1.165) is 72.0 Å². The third-order valence-corrected chi connectivity index (χ3v) is 12.7. The van der Waals surface area contributed by atoms with Gasteiger partial charge in [-0.15, -0.1) is 0 Å². The Hall–Kier alpha value is -2.84. The number of hydrogen-bond donors (Lipinski definition) is 0. The SMILES string of the molecule is CCCCCCCCCc1ccccc1O[PH](OC=O)(Oc1ccccc1CCCCCCCCC)c1ccccc1CCCCCCCCC. The van der Waals surface area contributed by atoms with Crippen molar-refractivity contribution in [1.29, 1.82) is 0 Å². The van der Waals surface area contributed by atoms with Gasteiger partial charge >= 0.3 is 314 Å². The first-order valence-corrected chi connectivity index (χ1v) is 22.6. The molecule has 0 atom stereocenters. The van der Waals surface area contributed by atoms with E-state index in [1.165, 1.54) is 116 Å². The first-order valence-electron chi connectivity index (χ1n) is 20.9. The van der Waals surface area contributed by atoms with Gasteiger partial charge in [0.05, 0.1) is 0 Å². The van der Waals surface area contributed by atoms with Crippen molar-refractivity contribution in [3.63, 3.8) is 0 Å². The molecule has 0 aliphatic rings. The maximum absolute atomic E-state index is 12.5. The molecule has 5 heteroatoms. The first kappa shape index (κ1) is 42.6. The number of benzene rings is 3. The number of unbranched alkanes of at least 4 members (excludes halogenated alkanes) is 18. The van der Waals surface area contributed by atoms with E-state index in [4.69, 9.17) is 13.6 Å². The minimum absolute atomic E-state index is 0.550. The van der Waals surface area contributed by atoms with Gasteiger partial charge in [-0.2, -0.15) is 0 Å². The third kappa shape index (κ3) is 16.2. The van der Waals surface area contributed by atoms with Gasteiger partial charge in [0.25, 0.3) is 0 Å². The summed E-state index contributed by atoms with van der Waals surface area (Å²) in [6, 6.07) is 24.9. The Bertz CT molecular complexity index is 1260. The second-order valence-corrected chi connectivity index (χ2v) is 16.8. The normalized spacial score (nSPS) is 11.7. The second-order valence-electron chi connectivity index (χ2n) is 14.5. The number of para-hydroxylation sites is 2. The summed E-state index contributed by atoms with van der Waals surface area (Å²) in [5.41, 5.74) is 3.43. The van der Waals surface area contributed by atoms with E-state index in [1.807, 2.05) is 30.3 Å². The van der Waals surface area contributed by atoms with Gasteiger partial charge in [0.2, 0.25) is 0 Å². The molecule has 0 amide bonds. The maximum atomic E-state index is 12.5. The van der Waals surface area contributed by atoms with Crippen LogP contribution in [-0.2, 0) is 28.6 Å². The van der Waals surface area contributed by atoms with Crippen LogP contribution in [0, 0.1) is 0 Å². The first-order chi connectivity index (χ1) is 25.2. The van der Waals surface area contributed by atoms with Crippen molar-refractivity contribution in [2.75, 3.05) is 0 Å². The van der Waals surface area contributed by atoms with E-state index in [1.54, 1.807) is 0 Å². The Morgan fingerprint density at radius 2 is 0.765 bits per heavy atom. The fourth-order valence-corrected chi connectivity index (χ4v) is 9.56. The van der Waals surface area contributed by atoms with E-state index in [0.29, 0.717) is 6.47 Å². The molecule has 0 unspecified atom stereocenters. The Labute approximate surface area is 313 Å². The number of carbonyl (C=O) groups is 1. The summed E-state index contributed by atoms with van der Waals surface area (Å²) in [4.78, 5) is 12.5. The molecule has 4 nitrogen and oxygen atoms in total. The Morgan fingerprint density at radius 3 is 1.18 bits per heavy atom. The number of hydrogen-bond acceptors (Lipinski definition) is 4. The molecule has 0 fully saturated rings. The molecule has 0 aliphatic heterocycles. The van der Waals surface area contributed by atoms with Gasteiger partial charge < -0.3 is 0 Å². The van der Waals surface area contributed by atoms with Gasteiger partial charge in [-0.25, -0.2) is 0 Å². The third-order valence-electron chi connectivity index (χ3n) is 10.1. The van der Waals surface area contributed by atoms with Gasteiger partial charge in [-0.05, 0) is 0 Å². The summed E-state index contributed by atoms with van der Waals surface area (Å²) in [6.07, 6.45) is 29.0. The molecule has 0 radical (unpaired) electrons. The molecule has 0 saturated heterocycles. The van der Waals surface area contributed by atoms with E-state index in [9.17, 15) is 4.79 Å². The van der Waals surface area contributed by atoms with Gasteiger partial charge in [0.1, 0.15) is 0 Å². The van der Waals surface area contributed by atoms with E-state index < -0.39 is 7.94 Å². The molecular formula is C46H71O4P. The van der Waals surface area contributed by atoms with Crippen molar-refractivity contribution in [2.45, 2.75) is 175 Å². The van der Waals surface area contributed by atoms with Crippen LogP contribution in [-0.4, -0.2) is 6.47 Å². The van der Waals surface area contributed by atoms with Gasteiger partial charge in [-0.3, -0.25) is 0 Å². The fourth-order valence-electron chi connectivity index (χ4n) is 7.07. The van der Waals surface area contributed by atoms with Crippen molar-refractivity contribution in [1.82, 2.24) is 0 Å². The molecular weight excluding hydrogens is 647 g/mol. The minimum atomic E-state index is -3.85. The second kappa shape index (κ2) is 26.9. The average Bonchev–Trinajstić information content (AvgIpc) is 3.15. The molecule has 51 heavy (non-hydrogen) atoms. The molecule has 0 spiro atoms. The van der Waals surface area contributed by atoms with Crippen molar-refractivity contribution in [2.24, 2.45) is 0 Å². The predicted octanol–water partition coefficient (Wildman–Crippen LogP) is 14.0. The van der Waals surface area contributed by atoms with Crippen LogP contribution in [0.2, 0.25) is 0 Å². The molecule has 0 heterocycles. The van der Waals surface area contributed by atoms with Gasteiger partial charge in [0.15, 0.2) is 0 Å². The zero-order chi connectivity index (χ0) is 36.2. The number of aryl methyl sites for hydroxylation is 3. The van der Waals surface area contributed by atoms with E-state index in [-0.39, 0.29) is 0 Å². The van der Waals surface area contributed by atoms with Crippen LogP contribution < -0.4 is 14.4 Å². The zero-order valence-corrected chi connectivity index (χ0v) is 33.6. The van der Waals surface area contributed by atoms with Crippen molar-refractivity contribution >= 4 is 19.7 Å². The summed E-state index contributed by atoms with van der Waals surface area (Å²) in [7, 11) is -3.85. The molecule has 3 aromatic carbocycles. The summed E-state index contributed by atoms with van der Waals surface area (Å²) in [5.74, 6) is 1.51. The molecule has 284 valence electrons. The number of carbonyl (C=O) groups excluding carboxylic acids is 1. The Morgan fingerprint density at radius 1 is 0.431 bits per heavy atom.